The molecule has 1 aromatic carbocycles. The summed E-state index contributed by atoms with van der Waals surface area (Å²) in [5.74, 6) is 1.13. The first-order chi connectivity index (χ1) is 8.04. The monoisotopic (exact) mass is 231 g/mol. The van der Waals surface area contributed by atoms with Gasteiger partial charge in [-0.1, -0.05) is 19.1 Å². The maximum Gasteiger partial charge on any atom is 0.230 e. The summed E-state index contributed by atoms with van der Waals surface area (Å²) in [6.45, 7) is 9.10. The number of hydrogen-bond donors (Lipinski definition) is 0. The fraction of sp³-hybridized carbons (Fsp3) is 0.533. The Bertz CT molecular complexity index is 439. The zero-order valence-corrected chi connectivity index (χ0v) is 11.2. The van der Waals surface area contributed by atoms with E-state index in [0.717, 1.165) is 18.7 Å². The quantitative estimate of drug-likeness (QED) is 0.781. The van der Waals surface area contributed by atoms with Crippen LogP contribution in [0.2, 0.25) is 0 Å². The van der Waals surface area contributed by atoms with Crippen molar-refractivity contribution in [3.8, 4) is 0 Å². The molecular weight excluding hydrogens is 210 g/mol. The average Bonchev–Trinajstić information content (AvgIpc) is 3.01. The van der Waals surface area contributed by atoms with Crippen LogP contribution in [0.5, 0.6) is 0 Å². The fourth-order valence-electron chi connectivity index (χ4n) is 2.32. The molecule has 0 bridgehead atoms. The second-order valence-electron chi connectivity index (χ2n) is 5.19. The summed E-state index contributed by atoms with van der Waals surface area (Å²) in [6, 6.07) is 6.30. The highest BCUT2D eigenvalue weighted by Crippen LogP contribution is 2.40. The van der Waals surface area contributed by atoms with E-state index in [-0.39, 0.29) is 5.92 Å². The summed E-state index contributed by atoms with van der Waals surface area (Å²) >= 11 is 0. The second-order valence-corrected chi connectivity index (χ2v) is 5.19. The first kappa shape index (κ1) is 12.2. The number of aryl methyl sites for hydroxylation is 2. The van der Waals surface area contributed by atoms with Crippen molar-refractivity contribution in [2.75, 3.05) is 11.4 Å². The van der Waals surface area contributed by atoms with E-state index in [1.807, 2.05) is 11.8 Å². The zero-order chi connectivity index (χ0) is 12.6. The van der Waals surface area contributed by atoms with E-state index in [2.05, 4.69) is 39.0 Å². The first-order valence-corrected chi connectivity index (χ1v) is 6.43. The number of amides is 1. The van der Waals surface area contributed by atoms with Crippen LogP contribution in [-0.4, -0.2) is 12.5 Å². The van der Waals surface area contributed by atoms with Gasteiger partial charge in [-0.05, 0) is 50.3 Å². The minimum Gasteiger partial charge on any atom is -0.312 e. The molecule has 1 aliphatic rings. The van der Waals surface area contributed by atoms with E-state index < -0.39 is 0 Å². The van der Waals surface area contributed by atoms with Crippen molar-refractivity contribution < 1.29 is 4.79 Å². The SMILES string of the molecule is CCN(C(=O)C1CC1C)c1cc(C)ccc1C. The molecule has 1 saturated carbocycles. The molecule has 92 valence electrons. The van der Waals surface area contributed by atoms with Crippen LogP contribution in [0.25, 0.3) is 0 Å². The van der Waals surface area contributed by atoms with Crippen LogP contribution < -0.4 is 4.90 Å². The summed E-state index contributed by atoms with van der Waals surface area (Å²) < 4.78 is 0. The Morgan fingerprint density at radius 1 is 1.41 bits per heavy atom. The van der Waals surface area contributed by atoms with Crippen molar-refractivity contribution in [1.29, 1.82) is 0 Å². The molecule has 2 unspecified atom stereocenters. The Hall–Kier alpha value is -1.31. The van der Waals surface area contributed by atoms with Gasteiger partial charge in [0.15, 0.2) is 0 Å². The minimum absolute atomic E-state index is 0.259. The highest BCUT2D eigenvalue weighted by Gasteiger charge is 2.41. The van der Waals surface area contributed by atoms with Crippen LogP contribution in [0.15, 0.2) is 18.2 Å². The van der Waals surface area contributed by atoms with Crippen molar-refractivity contribution in [3.05, 3.63) is 29.3 Å². The molecule has 1 fully saturated rings. The van der Waals surface area contributed by atoms with Crippen LogP contribution >= 0.6 is 0 Å². The number of benzene rings is 1. The molecule has 17 heavy (non-hydrogen) atoms. The van der Waals surface area contributed by atoms with Crippen LogP contribution in [0, 0.1) is 25.7 Å². The van der Waals surface area contributed by atoms with Crippen molar-refractivity contribution in [3.63, 3.8) is 0 Å². The van der Waals surface area contributed by atoms with Crippen LogP contribution in [0.1, 0.15) is 31.4 Å². The van der Waals surface area contributed by atoms with E-state index in [0.29, 0.717) is 11.8 Å². The van der Waals surface area contributed by atoms with Crippen molar-refractivity contribution in [1.82, 2.24) is 0 Å². The molecule has 2 rings (SSSR count). The molecule has 0 spiro atoms. The van der Waals surface area contributed by atoms with E-state index in [4.69, 9.17) is 0 Å². The molecule has 2 heteroatoms. The third-order valence-corrected chi connectivity index (χ3v) is 3.66. The van der Waals surface area contributed by atoms with E-state index >= 15 is 0 Å². The Kier molecular flexibility index (Phi) is 3.23. The molecule has 1 aliphatic carbocycles. The second kappa shape index (κ2) is 4.52. The largest absolute Gasteiger partial charge is 0.312 e. The predicted octanol–water partition coefficient (Wildman–Crippen LogP) is 3.31. The van der Waals surface area contributed by atoms with Gasteiger partial charge in [0.1, 0.15) is 0 Å². The molecule has 0 heterocycles. The number of nitrogens with zero attached hydrogens (tertiary/aromatic N) is 1. The Balaban J connectivity index is 2.28. The molecule has 0 radical (unpaired) electrons. The average molecular weight is 231 g/mol. The van der Waals surface area contributed by atoms with E-state index in [1.165, 1.54) is 11.1 Å². The number of anilines is 1. The lowest BCUT2D eigenvalue weighted by Gasteiger charge is -2.23. The smallest absolute Gasteiger partial charge is 0.230 e. The van der Waals surface area contributed by atoms with E-state index in [1.54, 1.807) is 0 Å². The summed E-state index contributed by atoms with van der Waals surface area (Å²) in [7, 11) is 0. The lowest BCUT2D eigenvalue weighted by atomic mass is 10.1. The summed E-state index contributed by atoms with van der Waals surface area (Å²) in [5, 5.41) is 0. The highest BCUT2D eigenvalue weighted by molar-refractivity contribution is 5.97. The van der Waals surface area contributed by atoms with Crippen molar-refractivity contribution in [2.24, 2.45) is 11.8 Å². The predicted molar refractivity (Wildman–Crippen MR) is 71.2 cm³/mol. The number of hydrogen-bond acceptors (Lipinski definition) is 1. The summed E-state index contributed by atoms with van der Waals surface area (Å²) in [5.41, 5.74) is 3.47. The third-order valence-electron chi connectivity index (χ3n) is 3.66. The van der Waals surface area contributed by atoms with Gasteiger partial charge >= 0.3 is 0 Å². The summed E-state index contributed by atoms with van der Waals surface area (Å²) in [6.07, 6.45) is 1.06. The van der Waals surface area contributed by atoms with Gasteiger partial charge < -0.3 is 4.90 Å². The normalized spacial score (nSPS) is 22.4. The third kappa shape index (κ3) is 2.36. The number of carbonyl (C=O) groups excluding carboxylic acids is 1. The molecule has 0 saturated heterocycles. The van der Waals surface area contributed by atoms with Gasteiger partial charge in [-0.3, -0.25) is 4.79 Å². The van der Waals surface area contributed by atoms with Crippen LogP contribution in [0.3, 0.4) is 0 Å². The van der Waals surface area contributed by atoms with Gasteiger partial charge in [0.05, 0.1) is 0 Å². The van der Waals surface area contributed by atoms with E-state index in [9.17, 15) is 4.79 Å². The number of carbonyl (C=O) groups is 1. The molecular formula is C15H21NO. The van der Waals surface area contributed by atoms with Gasteiger partial charge in [0.25, 0.3) is 0 Å². The Morgan fingerprint density at radius 3 is 2.59 bits per heavy atom. The van der Waals surface area contributed by atoms with Crippen molar-refractivity contribution >= 4 is 11.6 Å². The van der Waals surface area contributed by atoms with Gasteiger partial charge in [-0.2, -0.15) is 0 Å². The fourth-order valence-corrected chi connectivity index (χ4v) is 2.32. The molecule has 2 atom stereocenters. The molecule has 1 aromatic rings. The number of rotatable bonds is 3. The van der Waals surface area contributed by atoms with Gasteiger partial charge in [0.2, 0.25) is 5.91 Å². The van der Waals surface area contributed by atoms with Crippen LogP contribution in [-0.2, 0) is 4.79 Å². The van der Waals surface area contributed by atoms with Gasteiger partial charge in [-0.15, -0.1) is 0 Å². The maximum absolute atomic E-state index is 12.3. The minimum atomic E-state index is 0.259. The van der Waals surface area contributed by atoms with Gasteiger partial charge in [-0.25, -0.2) is 0 Å². The molecule has 1 amide bonds. The molecule has 2 nitrogen and oxygen atoms in total. The van der Waals surface area contributed by atoms with Crippen molar-refractivity contribution in [2.45, 2.75) is 34.1 Å². The zero-order valence-electron chi connectivity index (χ0n) is 11.2. The lowest BCUT2D eigenvalue weighted by Crippen LogP contribution is -2.33. The lowest BCUT2D eigenvalue weighted by molar-refractivity contribution is -0.120. The van der Waals surface area contributed by atoms with Crippen LogP contribution in [0.4, 0.5) is 5.69 Å². The standard InChI is InChI=1S/C15H21NO/c1-5-16(15(17)13-9-12(13)4)14-8-10(2)6-7-11(14)3/h6-8,12-13H,5,9H2,1-4H3. The van der Waals surface area contributed by atoms with Gasteiger partial charge in [0, 0.05) is 18.2 Å². The molecule has 0 aromatic heterocycles. The first-order valence-electron chi connectivity index (χ1n) is 6.43. The Labute approximate surface area is 104 Å². The molecule has 0 N–H and O–H groups in total. The topological polar surface area (TPSA) is 20.3 Å². The highest BCUT2D eigenvalue weighted by atomic mass is 16.2. The summed E-state index contributed by atoms with van der Waals surface area (Å²) in [4.78, 5) is 14.3. The Morgan fingerprint density at radius 2 is 2.06 bits per heavy atom. The maximum atomic E-state index is 12.3. The molecule has 0 aliphatic heterocycles.